The van der Waals surface area contributed by atoms with Crippen LogP contribution in [0.3, 0.4) is 0 Å². The van der Waals surface area contributed by atoms with Crippen LogP contribution in [0, 0.1) is 13.8 Å². The van der Waals surface area contributed by atoms with Crippen molar-refractivity contribution >= 4 is 5.97 Å². The Morgan fingerprint density at radius 1 is 1.11 bits per heavy atom. The lowest BCUT2D eigenvalue weighted by Gasteiger charge is -2.06. The van der Waals surface area contributed by atoms with Crippen LogP contribution in [0.15, 0.2) is 63.7 Å². The Hall–Kier alpha value is -3.61. The third-order valence-corrected chi connectivity index (χ3v) is 4.03. The summed E-state index contributed by atoms with van der Waals surface area (Å²) in [6.45, 7) is 3.94. The van der Waals surface area contributed by atoms with E-state index in [2.05, 4.69) is 10.3 Å². The van der Waals surface area contributed by atoms with Gasteiger partial charge in [-0.2, -0.15) is 5.10 Å². The van der Waals surface area contributed by atoms with E-state index in [-0.39, 0.29) is 6.61 Å². The van der Waals surface area contributed by atoms with Gasteiger partial charge in [-0.1, -0.05) is 5.16 Å². The van der Waals surface area contributed by atoms with Crippen LogP contribution < -0.4 is 0 Å². The van der Waals surface area contributed by atoms with Crippen molar-refractivity contribution in [2.45, 2.75) is 20.5 Å². The quantitative estimate of drug-likeness (QED) is 0.497. The number of esters is 1. The van der Waals surface area contributed by atoms with Crippen molar-refractivity contribution in [2.75, 3.05) is 0 Å². The molecule has 0 saturated heterocycles. The molecule has 0 amide bonds. The summed E-state index contributed by atoms with van der Waals surface area (Å²) in [7, 11) is 0. The van der Waals surface area contributed by atoms with Gasteiger partial charge in [0.1, 0.15) is 12.3 Å². The molecule has 0 bridgehead atoms. The smallest absolute Gasteiger partial charge is 0.338 e. The van der Waals surface area contributed by atoms with Gasteiger partial charge in [-0.25, -0.2) is 9.48 Å². The summed E-state index contributed by atoms with van der Waals surface area (Å²) in [6, 6.07) is 14.3. The Bertz CT molecular complexity index is 1060. The second-order valence-corrected chi connectivity index (χ2v) is 6.12. The molecule has 0 unspecified atom stereocenters. The maximum atomic E-state index is 12.3. The van der Waals surface area contributed by atoms with Gasteiger partial charge in [0.25, 0.3) is 0 Å². The maximum absolute atomic E-state index is 12.3. The Kier molecular flexibility index (Phi) is 4.33. The molecule has 7 nitrogen and oxygen atoms in total. The van der Waals surface area contributed by atoms with Gasteiger partial charge in [-0.05, 0) is 56.3 Å². The molecule has 0 saturated carbocycles. The summed E-state index contributed by atoms with van der Waals surface area (Å²) in [6.07, 6.45) is 1.55. The van der Waals surface area contributed by atoms with E-state index in [0.717, 1.165) is 17.1 Å². The summed E-state index contributed by atoms with van der Waals surface area (Å²) < 4.78 is 17.6. The van der Waals surface area contributed by atoms with Crippen LogP contribution in [0.25, 0.3) is 17.2 Å². The molecule has 0 N–H and O–H groups in total. The first-order valence-corrected chi connectivity index (χ1v) is 8.40. The Morgan fingerprint density at radius 2 is 1.93 bits per heavy atom. The predicted molar refractivity (Wildman–Crippen MR) is 96.4 cm³/mol. The zero-order valence-corrected chi connectivity index (χ0v) is 14.9. The molecular weight excluding hydrogens is 346 g/mol. The molecule has 1 aromatic carbocycles. The lowest BCUT2D eigenvalue weighted by molar-refractivity contribution is 0.0464. The number of aromatic nitrogens is 3. The number of ether oxygens (including phenoxy) is 1. The Balaban J connectivity index is 1.40. The summed E-state index contributed by atoms with van der Waals surface area (Å²) in [5.41, 5.74) is 3.82. The van der Waals surface area contributed by atoms with Crippen LogP contribution in [-0.2, 0) is 11.3 Å². The van der Waals surface area contributed by atoms with Gasteiger partial charge in [0, 0.05) is 11.8 Å². The molecule has 4 rings (SSSR count). The highest BCUT2D eigenvalue weighted by Gasteiger charge is 2.13. The zero-order chi connectivity index (χ0) is 18.8. The van der Waals surface area contributed by atoms with E-state index in [4.69, 9.17) is 13.7 Å². The highest BCUT2D eigenvalue weighted by molar-refractivity contribution is 5.89. The van der Waals surface area contributed by atoms with Gasteiger partial charge in [-0.3, -0.25) is 0 Å². The molecule has 4 aromatic rings. The van der Waals surface area contributed by atoms with Crippen LogP contribution in [0.4, 0.5) is 0 Å². The molecule has 7 heteroatoms. The van der Waals surface area contributed by atoms with Gasteiger partial charge in [0.15, 0.2) is 5.76 Å². The fraction of sp³-hybridized carbons (Fsp3) is 0.150. The molecule has 0 aliphatic heterocycles. The number of nitrogens with zero attached hydrogens (tertiary/aromatic N) is 3. The highest BCUT2D eigenvalue weighted by atomic mass is 16.5. The standard InChI is InChI=1S/C20H17N3O4/c1-13-10-14(2)23(21-13)17-7-5-15(6-8-17)20(24)26-12-16-11-19(27-22-16)18-4-3-9-25-18/h3-11H,12H2,1-2H3. The average molecular weight is 363 g/mol. The molecular formula is C20H17N3O4. The third-order valence-electron chi connectivity index (χ3n) is 4.03. The molecule has 27 heavy (non-hydrogen) atoms. The summed E-state index contributed by atoms with van der Waals surface area (Å²) in [5.74, 6) is 0.623. The molecule has 3 aromatic heterocycles. The number of hydrogen-bond acceptors (Lipinski definition) is 6. The molecule has 0 fully saturated rings. The largest absolute Gasteiger partial charge is 0.461 e. The van der Waals surface area contributed by atoms with Gasteiger partial charge in [0.05, 0.1) is 23.2 Å². The van der Waals surface area contributed by atoms with Crippen molar-refractivity contribution in [1.29, 1.82) is 0 Å². The third kappa shape index (κ3) is 3.52. The van der Waals surface area contributed by atoms with Crippen molar-refractivity contribution in [3.05, 3.63) is 77.4 Å². The Labute approximate surface area is 155 Å². The minimum absolute atomic E-state index is 0.0161. The van der Waals surface area contributed by atoms with E-state index in [9.17, 15) is 4.79 Å². The molecule has 0 aliphatic rings. The number of furan rings is 1. The van der Waals surface area contributed by atoms with Crippen molar-refractivity contribution in [2.24, 2.45) is 0 Å². The second kappa shape index (κ2) is 6.95. The fourth-order valence-corrected chi connectivity index (χ4v) is 2.77. The van der Waals surface area contributed by atoms with Gasteiger partial charge >= 0.3 is 5.97 Å². The first-order chi connectivity index (χ1) is 13.1. The lowest BCUT2D eigenvalue weighted by atomic mass is 10.2. The number of aryl methyl sites for hydroxylation is 2. The summed E-state index contributed by atoms with van der Waals surface area (Å²) >= 11 is 0. The van der Waals surface area contributed by atoms with Crippen molar-refractivity contribution in [3.8, 4) is 17.2 Å². The van der Waals surface area contributed by atoms with Crippen LogP contribution >= 0.6 is 0 Å². The van der Waals surface area contributed by atoms with E-state index in [1.165, 1.54) is 0 Å². The van der Waals surface area contributed by atoms with Gasteiger partial charge in [0.2, 0.25) is 5.76 Å². The van der Waals surface area contributed by atoms with Crippen LogP contribution in [0.5, 0.6) is 0 Å². The van der Waals surface area contributed by atoms with Crippen LogP contribution in [-0.4, -0.2) is 20.9 Å². The van der Waals surface area contributed by atoms with Gasteiger partial charge in [-0.15, -0.1) is 0 Å². The van der Waals surface area contributed by atoms with E-state index in [1.54, 1.807) is 36.6 Å². The first-order valence-electron chi connectivity index (χ1n) is 8.40. The van der Waals surface area contributed by atoms with E-state index in [0.29, 0.717) is 22.8 Å². The summed E-state index contributed by atoms with van der Waals surface area (Å²) in [5, 5.41) is 8.31. The van der Waals surface area contributed by atoms with Crippen LogP contribution in [0.1, 0.15) is 27.4 Å². The van der Waals surface area contributed by atoms with Crippen LogP contribution in [0.2, 0.25) is 0 Å². The number of carbonyl (C=O) groups is 1. The highest BCUT2D eigenvalue weighted by Crippen LogP contribution is 2.21. The van der Waals surface area contributed by atoms with E-state index in [1.807, 2.05) is 36.7 Å². The minimum Gasteiger partial charge on any atom is -0.461 e. The normalized spacial score (nSPS) is 10.9. The Morgan fingerprint density at radius 3 is 2.59 bits per heavy atom. The molecule has 3 heterocycles. The average Bonchev–Trinajstić information content (AvgIpc) is 3.40. The molecule has 0 aliphatic carbocycles. The monoisotopic (exact) mass is 363 g/mol. The molecule has 0 radical (unpaired) electrons. The van der Waals surface area contributed by atoms with E-state index >= 15 is 0 Å². The fourth-order valence-electron chi connectivity index (χ4n) is 2.77. The number of hydrogen-bond donors (Lipinski definition) is 0. The first kappa shape index (κ1) is 16.8. The maximum Gasteiger partial charge on any atom is 0.338 e. The zero-order valence-electron chi connectivity index (χ0n) is 14.9. The molecule has 0 atom stereocenters. The number of benzene rings is 1. The number of carbonyl (C=O) groups excluding carboxylic acids is 1. The topological polar surface area (TPSA) is 83.3 Å². The van der Waals surface area contributed by atoms with E-state index < -0.39 is 5.97 Å². The van der Waals surface area contributed by atoms with Crippen molar-refractivity contribution in [1.82, 2.24) is 14.9 Å². The predicted octanol–water partition coefficient (Wildman–Crippen LogP) is 4.09. The summed E-state index contributed by atoms with van der Waals surface area (Å²) in [4.78, 5) is 12.3. The molecule has 136 valence electrons. The molecule has 0 spiro atoms. The van der Waals surface area contributed by atoms with Crippen molar-refractivity contribution in [3.63, 3.8) is 0 Å². The van der Waals surface area contributed by atoms with Gasteiger partial charge < -0.3 is 13.7 Å². The SMILES string of the molecule is Cc1cc(C)n(-c2ccc(C(=O)OCc3cc(-c4ccco4)on3)cc2)n1. The van der Waals surface area contributed by atoms with Crippen molar-refractivity contribution < 1.29 is 18.5 Å². The lowest BCUT2D eigenvalue weighted by Crippen LogP contribution is -2.06. The second-order valence-electron chi connectivity index (χ2n) is 6.12. The minimum atomic E-state index is -0.433. The number of rotatable bonds is 5.